The number of hydrogen-bond acceptors (Lipinski definition) is 11. The highest BCUT2D eigenvalue weighted by atomic mass is 35.5. The van der Waals surface area contributed by atoms with Crippen molar-refractivity contribution in [2.24, 2.45) is 23.7 Å². The number of aryl methyl sites for hydroxylation is 1. The first-order valence-corrected chi connectivity index (χ1v) is 34.0. The molecule has 1 spiro atoms. The van der Waals surface area contributed by atoms with E-state index in [1.807, 2.05) is 27.7 Å². The Balaban J connectivity index is 1.38. The molecule has 0 unspecified atom stereocenters. The van der Waals surface area contributed by atoms with Crippen LogP contribution in [-0.2, 0) is 65.3 Å². The monoisotopic (exact) mass is 1330 g/mol. The van der Waals surface area contributed by atoms with Crippen LogP contribution in [0.1, 0.15) is 181 Å². The van der Waals surface area contributed by atoms with E-state index in [0.29, 0.717) is 37.7 Å². The second-order valence-electron chi connectivity index (χ2n) is 28.1. The highest BCUT2D eigenvalue weighted by Gasteiger charge is 2.50. The summed E-state index contributed by atoms with van der Waals surface area (Å²) in [5.74, 6) is -7.07. The van der Waals surface area contributed by atoms with Gasteiger partial charge in [-0.25, -0.2) is 0 Å². The molecule has 0 radical (unpaired) electrons. The molecule has 2 saturated heterocycles. The summed E-state index contributed by atoms with van der Waals surface area (Å²) in [6.07, 6.45) is 4.77. The summed E-state index contributed by atoms with van der Waals surface area (Å²) >= 11 is 6.15. The van der Waals surface area contributed by atoms with E-state index in [1.54, 1.807) is 14.0 Å². The number of amides is 11. The SMILES string of the molecule is CC(C)C[C@@H]1NC(=O)[C@H](CC(C)C)N(C)C(=O)C[C@@H](C)NC(=O)[C@H](C2CCCC2)N(C)C(=O)C2(CCCC2)NC(=O)[C@@H]2CCCN2C(=O)[C@H](CCc2ccc(C(F)(F)F)c(Cl)c2)NC(=O)[C@@H](C)N(C)C(=O)[C@H](CC2CCCCC2)N(C)C(=O)CN(C)C(=O)CN(C)C1=O. The molecule has 520 valence electrons. The average molecular weight is 1330 g/mol. The second-order valence-corrected chi connectivity index (χ2v) is 28.5. The third-order valence-corrected chi connectivity index (χ3v) is 20.2. The summed E-state index contributed by atoms with van der Waals surface area (Å²) in [5, 5.41) is 11.2. The molecule has 11 amide bonds. The zero-order chi connectivity index (χ0) is 69.0. The molecular weight excluding hydrogens is 1230 g/mol. The van der Waals surface area contributed by atoms with Crippen molar-refractivity contribution in [1.82, 2.24) is 55.6 Å². The molecular formula is C67H103ClF3N11O11. The number of halogens is 4. The Morgan fingerprint density at radius 1 is 0.591 bits per heavy atom. The Labute approximate surface area is 552 Å². The lowest BCUT2D eigenvalue weighted by Gasteiger charge is -2.40. The number of carbonyl (C=O) groups excluding carboxylic acids is 11. The van der Waals surface area contributed by atoms with Crippen molar-refractivity contribution >= 4 is 76.6 Å². The number of nitrogens with zero attached hydrogens (tertiary/aromatic N) is 7. The van der Waals surface area contributed by atoms with E-state index in [2.05, 4.69) is 21.3 Å². The smallest absolute Gasteiger partial charge is 0.351 e. The highest BCUT2D eigenvalue weighted by Crippen LogP contribution is 2.38. The van der Waals surface area contributed by atoms with Crippen LogP contribution in [0.15, 0.2) is 18.2 Å². The van der Waals surface area contributed by atoms with Crippen molar-refractivity contribution in [1.29, 1.82) is 0 Å². The Bertz CT molecular complexity index is 2860. The first-order valence-electron chi connectivity index (χ1n) is 33.6. The van der Waals surface area contributed by atoms with E-state index >= 15 is 9.59 Å². The van der Waals surface area contributed by atoms with Crippen LogP contribution in [0, 0.1) is 23.7 Å². The van der Waals surface area contributed by atoms with Crippen molar-refractivity contribution in [3.63, 3.8) is 0 Å². The maximum atomic E-state index is 15.3. The lowest BCUT2D eigenvalue weighted by Crippen LogP contribution is -2.64. The lowest BCUT2D eigenvalue weighted by atomic mass is 9.84. The quantitative estimate of drug-likeness (QED) is 0.209. The van der Waals surface area contributed by atoms with E-state index in [4.69, 9.17) is 11.6 Å². The van der Waals surface area contributed by atoms with Crippen LogP contribution >= 0.6 is 11.6 Å². The third kappa shape index (κ3) is 19.6. The van der Waals surface area contributed by atoms with Gasteiger partial charge in [0.1, 0.15) is 47.8 Å². The van der Waals surface area contributed by atoms with E-state index in [0.717, 1.165) is 62.0 Å². The molecule has 0 aromatic heterocycles. The minimum Gasteiger partial charge on any atom is -0.351 e. The maximum absolute atomic E-state index is 15.3. The van der Waals surface area contributed by atoms with E-state index in [1.165, 1.54) is 77.6 Å². The van der Waals surface area contributed by atoms with Gasteiger partial charge in [0.15, 0.2) is 0 Å². The molecule has 5 fully saturated rings. The van der Waals surface area contributed by atoms with E-state index < -0.39 is 149 Å². The first-order chi connectivity index (χ1) is 43.7. The lowest BCUT2D eigenvalue weighted by molar-refractivity contribution is -0.150. The number of likely N-dealkylation sites (N-methyl/N-ethyl adjacent to an activating group) is 6. The van der Waals surface area contributed by atoms with Crippen molar-refractivity contribution in [3.8, 4) is 0 Å². The van der Waals surface area contributed by atoms with Crippen LogP contribution < -0.4 is 21.3 Å². The Morgan fingerprint density at radius 2 is 1.18 bits per heavy atom. The summed E-state index contributed by atoms with van der Waals surface area (Å²) < 4.78 is 41.5. The predicted octanol–water partition coefficient (Wildman–Crippen LogP) is 6.09. The largest absolute Gasteiger partial charge is 0.417 e. The summed E-state index contributed by atoms with van der Waals surface area (Å²) in [4.78, 5) is 170. The minimum atomic E-state index is -4.75. The number of rotatable bonds is 10. The summed E-state index contributed by atoms with van der Waals surface area (Å²) in [5.41, 5.74) is -2.23. The highest BCUT2D eigenvalue weighted by molar-refractivity contribution is 6.31. The van der Waals surface area contributed by atoms with E-state index in [-0.39, 0.29) is 88.0 Å². The molecule has 0 bridgehead atoms. The van der Waals surface area contributed by atoms with Gasteiger partial charge in [0.25, 0.3) is 0 Å². The number of carbonyl (C=O) groups is 11. The van der Waals surface area contributed by atoms with Gasteiger partial charge in [-0.3, -0.25) is 52.7 Å². The van der Waals surface area contributed by atoms with Crippen LogP contribution in [0.5, 0.6) is 0 Å². The number of hydrogen-bond donors (Lipinski definition) is 4. The molecule has 2 aliphatic heterocycles. The number of nitrogens with one attached hydrogen (secondary N) is 4. The maximum Gasteiger partial charge on any atom is 0.417 e. The van der Waals surface area contributed by atoms with Crippen LogP contribution in [0.2, 0.25) is 5.02 Å². The Hall–Kier alpha value is -6.53. The predicted molar refractivity (Wildman–Crippen MR) is 344 cm³/mol. The summed E-state index contributed by atoms with van der Waals surface area (Å²) in [6, 6.07) is -5.74. The zero-order valence-electron chi connectivity index (χ0n) is 56.8. The average Bonchev–Trinajstić information content (AvgIpc) is 1.72. The van der Waals surface area contributed by atoms with Crippen LogP contribution in [0.25, 0.3) is 0 Å². The second kappa shape index (κ2) is 33.2. The fourth-order valence-electron chi connectivity index (χ4n) is 14.3. The fourth-order valence-corrected chi connectivity index (χ4v) is 14.6. The van der Waals surface area contributed by atoms with Gasteiger partial charge in [0.05, 0.1) is 23.7 Å². The van der Waals surface area contributed by atoms with Gasteiger partial charge in [-0.2, -0.15) is 13.2 Å². The van der Waals surface area contributed by atoms with Crippen LogP contribution in [0.4, 0.5) is 13.2 Å². The Kier molecular flexibility index (Phi) is 27.0. The molecule has 6 rings (SSSR count). The standard InChI is InChI=1S/C67H103ClF3N11O11/c1-40(2)33-50-62(90)77(8)38-55(84)76(7)39-56(85)80(11)53(37-44-21-14-13-15-22-44)64(92)78(9)43(6)58(86)73-49(29-27-45-26-28-47(48(68)36-45)67(69,70)71)63(91)82-32-20-25-51(82)60(88)75-66(30-18-19-31-66)65(93)81(12)57(46-23-16-17-24-46)61(89)72-42(5)35-54(83)79(10)52(34-41(3)4)59(87)74-50/h26,28,36,40-44,46,49-53,57H,13-25,27,29-35,37-39H2,1-12H3,(H,72,89)(H,73,86)(H,74,87)(H,75,88)/t42-,43-,49+,50+,51+,52+,53+,57+/m1/s1. The van der Waals surface area contributed by atoms with Gasteiger partial charge in [-0.05, 0) is 126 Å². The van der Waals surface area contributed by atoms with Crippen LogP contribution in [0.3, 0.4) is 0 Å². The third-order valence-electron chi connectivity index (χ3n) is 19.9. The molecule has 3 aliphatic carbocycles. The van der Waals surface area contributed by atoms with Crippen molar-refractivity contribution in [2.45, 2.75) is 236 Å². The molecule has 2 heterocycles. The molecule has 5 aliphatic rings. The number of alkyl halides is 3. The minimum absolute atomic E-state index is 0.0269. The van der Waals surface area contributed by atoms with Crippen molar-refractivity contribution in [3.05, 3.63) is 34.3 Å². The molecule has 1 aromatic carbocycles. The molecule has 4 N–H and O–H groups in total. The van der Waals surface area contributed by atoms with Crippen LogP contribution in [-0.4, -0.2) is 215 Å². The van der Waals surface area contributed by atoms with Gasteiger partial charge in [-0.15, -0.1) is 0 Å². The molecule has 3 saturated carbocycles. The van der Waals surface area contributed by atoms with Crippen molar-refractivity contribution in [2.75, 3.05) is 61.9 Å². The van der Waals surface area contributed by atoms with Gasteiger partial charge in [-0.1, -0.05) is 103 Å². The summed E-state index contributed by atoms with van der Waals surface area (Å²) in [7, 11) is 8.68. The number of fused-ring (bicyclic) bond motifs is 1. The summed E-state index contributed by atoms with van der Waals surface area (Å²) in [6.45, 7) is 9.70. The van der Waals surface area contributed by atoms with Gasteiger partial charge in [0.2, 0.25) is 65.0 Å². The van der Waals surface area contributed by atoms with Crippen molar-refractivity contribution < 1.29 is 65.9 Å². The van der Waals surface area contributed by atoms with Gasteiger partial charge >= 0.3 is 6.18 Å². The topological polar surface area (TPSA) is 259 Å². The first kappa shape index (κ1) is 75.5. The molecule has 22 nitrogen and oxygen atoms in total. The van der Waals surface area contributed by atoms with Gasteiger partial charge in [0, 0.05) is 61.3 Å². The normalized spacial score (nSPS) is 27.4. The van der Waals surface area contributed by atoms with Gasteiger partial charge < -0.3 is 55.6 Å². The zero-order valence-corrected chi connectivity index (χ0v) is 57.5. The molecule has 8 atom stereocenters. The molecule has 1 aromatic rings. The number of benzene rings is 1. The Morgan fingerprint density at radius 3 is 1.78 bits per heavy atom. The molecule has 26 heteroatoms. The molecule has 93 heavy (non-hydrogen) atoms. The fraction of sp³-hybridized carbons (Fsp3) is 0.746. The van der Waals surface area contributed by atoms with E-state index in [9.17, 15) is 56.3 Å².